The van der Waals surface area contributed by atoms with Gasteiger partial charge in [-0.2, -0.15) is 5.10 Å². The van der Waals surface area contributed by atoms with Crippen LogP contribution in [0.2, 0.25) is 0 Å². The van der Waals surface area contributed by atoms with Crippen LogP contribution in [-0.2, 0) is 13.1 Å². The highest BCUT2D eigenvalue weighted by Gasteiger charge is 2.34. The van der Waals surface area contributed by atoms with Gasteiger partial charge in [0.05, 0.1) is 6.20 Å². The number of aliphatic hydroxyl groups is 1. The molecule has 2 aliphatic rings. The van der Waals surface area contributed by atoms with E-state index in [4.69, 9.17) is 0 Å². The standard InChI is InChI=1S/C21H39N5O/c1-5-26-18(4)19(14-22-26)15-23-11-12-25(21(16-23)8-13-27)20-6-9-24(10-7-20)17(2)3/h14,17,20-21,27H,5-13,15-16H2,1-4H3/t21-/m0/s1. The first kappa shape index (κ1) is 20.8. The predicted molar refractivity (Wildman–Crippen MR) is 110 cm³/mol. The van der Waals surface area contributed by atoms with Crippen molar-refractivity contribution in [1.29, 1.82) is 0 Å². The van der Waals surface area contributed by atoms with Crippen molar-refractivity contribution in [2.75, 3.05) is 39.3 Å². The Balaban J connectivity index is 1.59. The van der Waals surface area contributed by atoms with Crippen molar-refractivity contribution in [3.8, 4) is 0 Å². The van der Waals surface area contributed by atoms with Gasteiger partial charge >= 0.3 is 0 Å². The smallest absolute Gasteiger partial charge is 0.0537 e. The number of likely N-dealkylation sites (tertiary alicyclic amines) is 1. The molecule has 154 valence electrons. The molecule has 1 aromatic rings. The Hall–Kier alpha value is -0.950. The summed E-state index contributed by atoms with van der Waals surface area (Å²) in [5, 5.41) is 14.1. The number of rotatable bonds is 7. The lowest BCUT2D eigenvalue weighted by atomic mass is 9.97. The summed E-state index contributed by atoms with van der Waals surface area (Å²) in [6.07, 6.45) is 5.45. The first-order chi connectivity index (χ1) is 13.0. The largest absolute Gasteiger partial charge is 0.396 e. The van der Waals surface area contributed by atoms with Crippen LogP contribution in [0, 0.1) is 6.92 Å². The fourth-order valence-corrected chi connectivity index (χ4v) is 4.90. The zero-order valence-corrected chi connectivity index (χ0v) is 17.8. The maximum Gasteiger partial charge on any atom is 0.0537 e. The molecule has 6 nitrogen and oxygen atoms in total. The molecule has 0 saturated carbocycles. The van der Waals surface area contributed by atoms with Gasteiger partial charge in [-0.3, -0.25) is 14.5 Å². The van der Waals surface area contributed by atoms with E-state index in [1.165, 1.54) is 37.2 Å². The van der Waals surface area contributed by atoms with Gasteiger partial charge in [-0.1, -0.05) is 0 Å². The third-order valence-electron chi connectivity index (χ3n) is 6.67. The fourth-order valence-electron chi connectivity index (χ4n) is 4.90. The van der Waals surface area contributed by atoms with Crippen LogP contribution >= 0.6 is 0 Å². The maximum absolute atomic E-state index is 9.64. The molecule has 1 aromatic heterocycles. The van der Waals surface area contributed by atoms with Crippen molar-refractivity contribution in [2.24, 2.45) is 0 Å². The second-order valence-corrected chi connectivity index (χ2v) is 8.57. The maximum atomic E-state index is 9.64. The molecule has 2 aliphatic heterocycles. The average molecular weight is 378 g/mol. The third kappa shape index (κ3) is 4.91. The minimum atomic E-state index is 0.284. The Morgan fingerprint density at radius 1 is 1.19 bits per heavy atom. The zero-order chi connectivity index (χ0) is 19.4. The minimum absolute atomic E-state index is 0.284. The van der Waals surface area contributed by atoms with Crippen LogP contribution in [-0.4, -0.2) is 87.0 Å². The van der Waals surface area contributed by atoms with E-state index in [1.807, 2.05) is 6.20 Å². The number of aromatic nitrogens is 2. The summed E-state index contributed by atoms with van der Waals surface area (Å²) in [7, 11) is 0. The highest BCUT2D eigenvalue weighted by Crippen LogP contribution is 2.25. The zero-order valence-electron chi connectivity index (χ0n) is 17.8. The lowest BCUT2D eigenvalue weighted by Crippen LogP contribution is -2.58. The van der Waals surface area contributed by atoms with Gasteiger partial charge in [-0.15, -0.1) is 0 Å². The summed E-state index contributed by atoms with van der Waals surface area (Å²) >= 11 is 0. The third-order valence-corrected chi connectivity index (χ3v) is 6.67. The van der Waals surface area contributed by atoms with Crippen LogP contribution in [0.15, 0.2) is 6.20 Å². The Morgan fingerprint density at radius 2 is 1.93 bits per heavy atom. The monoisotopic (exact) mass is 377 g/mol. The summed E-state index contributed by atoms with van der Waals surface area (Å²) in [5.41, 5.74) is 2.64. The number of aryl methyl sites for hydroxylation is 1. The van der Waals surface area contributed by atoms with E-state index in [1.54, 1.807) is 0 Å². The minimum Gasteiger partial charge on any atom is -0.396 e. The van der Waals surface area contributed by atoms with Gasteiger partial charge in [0.15, 0.2) is 0 Å². The molecule has 2 fully saturated rings. The van der Waals surface area contributed by atoms with Crippen molar-refractivity contribution in [3.05, 3.63) is 17.5 Å². The van der Waals surface area contributed by atoms with Crippen LogP contribution < -0.4 is 0 Å². The van der Waals surface area contributed by atoms with E-state index in [0.717, 1.165) is 39.1 Å². The molecule has 0 aliphatic carbocycles. The predicted octanol–water partition coefficient (Wildman–Crippen LogP) is 1.95. The average Bonchev–Trinajstić information content (AvgIpc) is 3.02. The van der Waals surface area contributed by atoms with Crippen molar-refractivity contribution in [1.82, 2.24) is 24.5 Å². The second kappa shape index (κ2) is 9.50. The van der Waals surface area contributed by atoms with E-state index in [-0.39, 0.29) is 6.61 Å². The summed E-state index contributed by atoms with van der Waals surface area (Å²) in [6.45, 7) is 16.8. The molecule has 0 amide bonds. The number of nitrogens with zero attached hydrogens (tertiary/aromatic N) is 5. The van der Waals surface area contributed by atoms with Crippen molar-refractivity contribution in [2.45, 2.75) is 78.2 Å². The van der Waals surface area contributed by atoms with Gasteiger partial charge < -0.3 is 10.0 Å². The summed E-state index contributed by atoms with van der Waals surface area (Å²) in [6, 6.07) is 1.81. The van der Waals surface area contributed by atoms with Gasteiger partial charge in [0.1, 0.15) is 0 Å². The molecule has 6 heteroatoms. The van der Waals surface area contributed by atoms with Gasteiger partial charge in [0.2, 0.25) is 0 Å². The van der Waals surface area contributed by atoms with Gasteiger partial charge in [-0.25, -0.2) is 0 Å². The molecule has 0 aromatic carbocycles. The topological polar surface area (TPSA) is 47.8 Å². The van der Waals surface area contributed by atoms with E-state index in [0.29, 0.717) is 18.1 Å². The van der Waals surface area contributed by atoms with E-state index >= 15 is 0 Å². The van der Waals surface area contributed by atoms with E-state index in [9.17, 15) is 5.11 Å². The number of hydrogen-bond donors (Lipinski definition) is 1. The first-order valence-corrected chi connectivity index (χ1v) is 10.9. The Labute approximate surface area is 165 Å². The van der Waals surface area contributed by atoms with Crippen molar-refractivity contribution >= 4 is 0 Å². The molecule has 27 heavy (non-hydrogen) atoms. The van der Waals surface area contributed by atoms with Crippen LogP contribution in [0.25, 0.3) is 0 Å². The van der Waals surface area contributed by atoms with Crippen LogP contribution in [0.3, 0.4) is 0 Å². The number of piperidine rings is 1. The normalized spacial score (nSPS) is 24.1. The van der Waals surface area contributed by atoms with E-state index in [2.05, 4.69) is 52.2 Å². The Kier molecular flexibility index (Phi) is 7.31. The molecule has 0 spiro atoms. The SMILES string of the molecule is CCn1ncc(CN2CCN(C3CCN(C(C)C)CC3)[C@@H](CCO)C2)c1C. The van der Waals surface area contributed by atoms with Crippen LogP contribution in [0.5, 0.6) is 0 Å². The van der Waals surface area contributed by atoms with Crippen LogP contribution in [0.4, 0.5) is 0 Å². The fraction of sp³-hybridized carbons (Fsp3) is 0.857. The molecule has 2 saturated heterocycles. The molecule has 3 rings (SSSR count). The molecular formula is C21H39N5O. The highest BCUT2D eigenvalue weighted by molar-refractivity contribution is 5.16. The molecule has 1 N–H and O–H groups in total. The van der Waals surface area contributed by atoms with E-state index < -0.39 is 0 Å². The molecule has 1 atom stereocenters. The van der Waals surface area contributed by atoms with Crippen molar-refractivity contribution in [3.63, 3.8) is 0 Å². The number of piperazine rings is 1. The van der Waals surface area contributed by atoms with Gasteiger partial charge in [0.25, 0.3) is 0 Å². The molecule has 0 radical (unpaired) electrons. The Morgan fingerprint density at radius 3 is 2.52 bits per heavy atom. The number of aliphatic hydroxyl groups excluding tert-OH is 1. The molecule has 0 unspecified atom stereocenters. The second-order valence-electron chi connectivity index (χ2n) is 8.57. The molecule has 0 bridgehead atoms. The molecule has 3 heterocycles. The van der Waals surface area contributed by atoms with Crippen LogP contribution in [0.1, 0.15) is 51.3 Å². The quantitative estimate of drug-likeness (QED) is 0.787. The first-order valence-electron chi connectivity index (χ1n) is 10.9. The van der Waals surface area contributed by atoms with Crippen molar-refractivity contribution < 1.29 is 5.11 Å². The summed E-state index contributed by atoms with van der Waals surface area (Å²) in [5.74, 6) is 0. The lowest BCUT2D eigenvalue weighted by Gasteiger charge is -2.48. The lowest BCUT2D eigenvalue weighted by molar-refractivity contribution is -0.0000856. The summed E-state index contributed by atoms with van der Waals surface area (Å²) in [4.78, 5) is 7.87. The Bertz CT molecular complexity index is 579. The summed E-state index contributed by atoms with van der Waals surface area (Å²) < 4.78 is 2.08. The highest BCUT2D eigenvalue weighted by atomic mass is 16.3. The molecular weight excluding hydrogens is 338 g/mol. The number of hydrogen-bond acceptors (Lipinski definition) is 5. The van der Waals surface area contributed by atoms with Gasteiger partial charge in [-0.05, 0) is 60.0 Å². The van der Waals surface area contributed by atoms with Gasteiger partial charge in [0, 0.05) is 68.7 Å².